The van der Waals surface area contributed by atoms with Crippen molar-refractivity contribution in [2.75, 3.05) is 5.73 Å². The Hall–Kier alpha value is -1.56. The van der Waals surface area contributed by atoms with E-state index in [9.17, 15) is 0 Å². The van der Waals surface area contributed by atoms with E-state index in [2.05, 4.69) is 0 Å². The topological polar surface area (TPSA) is 101 Å². The first-order valence-corrected chi connectivity index (χ1v) is 4.03. The summed E-state index contributed by atoms with van der Waals surface area (Å²) < 4.78 is 0. The van der Waals surface area contributed by atoms with Crippen LogP contribution in [0.4, 0.5) is 5.00 Å². The van der Waals surface area contributed by atoms with E-state index in [0.29, 0.717) is 0 Å². The molecule has 0 amide bonds. The molecule has 13 heavy (non-hydrogen) atoms. The predicted octanol–water partition coefficient (Wildman–Crippen LogP) is 0.794. The van der Waals surface area contributed by atoms with E-state index < -0.39 is 11.9 Å². The number of carboxylic acid groups (broad SMARTS) is 2. The normalized spacial score (nSPS) is 8.38. The smallest absolute Gasteiger partial charge is 0.414 e. The summed E-state index contributed by atoms with van der Waals surface area (Å²) in [6.45, 7) is 2.04. The van der Waals surface area contributed by atoms with Crippen LogP contribution in [0.2, 0.25) is 0 Å². The SMILES string of the molecule is Cc1ccc(N)s1.O=C(O)C(=O)O. The Morgan fingerprint density at radius 1 is 1.31 bits per heavy atom. The summed E-state index contributed by atoms with van der Waals surface area (Å²) in [6.07, 6.45) is 0. The number of anilines is 1. The van der Waals surface area contributed by atoms with Crippen molar-refractivity contribution in [1.29, 1.82) is 0 Å². The maximum absolute atomic E-state index is 9.10. The number of aryl methyl sites for hydroxylation is 1. The summed E-state index contributed by atoms with van der Waals surface area (Å²) in [4.78, 5) is 19.5. The Morgan fingerprint density at radius 3 is 1.85 bits per heavy atom. The molecular weight excluding hydrogens is 194 g/mol. The van der Waals surface area contributed by atoms with Gasteiger partial charge in [-0.25, -0.2) is 9.59 Å². The Balaban J connectivity index is 0.000000226. The average molecular weight is 203 g/mol. The summed E-state index contributed by atoms with van der Waals surface area (Å²) in [6, 6.07) is 3.93. The Morgan fingerprint density at radius 2 is 1.77 bits per heavy atom. The average Bonchev–Trinajstić information content (AvgIpc) is 2.35. The second-order valence-electron chi connectivity index (χ2n) is 2.06. The highest BCUT2D eigenvalue weighted by atomic mass is 32.1. The van der Waals surface area contributed by atoms with Crippen LogP contribution in [0.25, 0.3) is 0 Å². The molecule has 1 rings (SSSR count). The molecule has 0 aliphatic carbocycles. The fourth-order valence-electron chi connectivity index (χ4n) is 0.453. The van der Waals surface area contributed by atoms with Crippen molar-refractivity contribution in [3.63, 3.8) is 0 Å². The summed E-state index contributed by atoms with van der Waals surface area (Å²) >= 11 is 1.62. The molecule has 0 saturated carbocycles. The van der Waals surface area contributed by atoms with E-state index in [1.807, 2.05) is 19.1 Å². The number of hydrogen-bond donors (Lipinski definition) is 3. The van der Waals surface area contributed by atoms with Gasteiger partial charge in [0.05, 0.1) is 5.00 Å². The minimum Gasteiger partial charge on any atom is -0.473 e. The second-order valence-corrected chi connectivity index (χ2v) is 3.38. The van der Waals surface area contributed by atoms with Gasteiger partial charge in [0.15, 0.2) is 0 Å². The molecule has 0 fully saturated rings. The first-order valence-electron chi connectivity index (χ1n) is 3.21. The van der Waals surface area contributed by atoms with E-state index in [1.54, 1.807) is 11.3 Å². The molecule has 0 bridgehead atoms. The van der Waals surface area contributed by atoms with Crippen molar-refractivity contribution in [3.8, 4) is 0 Å². The standard InChI is InChI=1S/C5H7NS.C2H2O4/c1-4-2-3-5(6)7-4;3-1(4)2(5)6/h2-3H,6H2,1H3;(H,3,4)(H,5,6). The summed E-state index contributed by atoms with van der Waals surface area (Å²) in [7, 11) is 0. The fraction of sp³-hybridized carbons (Fsp3) is 0.143. The third kappa shape index (κ3) is 5.68. The summed E-state index contributed by atoms with van der Waals surface area (Å²) in [5.74, 6) is -3.65. The van der Waals surface area contributed by atoms with Crippen LogP contribution >= 0.6 is 11.3 Å². The van der Waals surface area contributed by atoms with Gasteiger partial charge in [-0.3, -0.25) is 0 Å². The van der Waals surface area contributed by atoms with Crippen LogP contribution in [-0.2, 0) is 9.59 Å². The molecule has 4 N–H and O–H groups in total. The number of aliphatic carboxylic acids is 2. The van der Waals surface area contributed by atoms with Crippen molar-refractivity contribution in [2.24, 2.45) is 0 Å². The van der Waals surface area contributed by atoms with E-state index in [0.717, 1.165) is 5.00 Å². The molecular formula is C7H9NO4S. The predicted molar refractivity (Wildman–Crippen MR) is 48.7 cm³/mol. The van der Waals surface area contributed by atoms with Crippen LogP contribution in [0.3, 0.4) is 0 Å². The van der Waals surface area contributed by atoms with Gasteiger partial charge in [-0.05, 0) is 19.1 Å². The number of nitrogens with two attached hydrogens (primary N) is 1. The van der Waals surface area contributed by atoms with Gasteiger partial charge in [0.2, 0.25) is 0 Å². The molecule has 0 radical (unpaired) electrons. The number of carboxylic acids is 2. The minimum absolute atomic E-state index is 0.900. The highest BCUT2D eigenvalue weighted by Crippen LogP contribution is 2.15. The quantitative estimate of drug-likeness (QED) is 0.541. The maximum atomic E-state index is 9.10. The third-order valence-electron chi connectivity index (χ3n) is 0.944. The van der Waals surface area contributed by atoms with Gasteiger partial charge in [0, 0.05) is 4.88 Å². The monoisotopic (exact) mass is 203 g/mol. The minimum atomic E-state index is -1.82. The molecule has 0 unspecified atom stereocenters. The Kier molecular flexibility index (Phi) is 4.53. The largest absolute Gasteiger partial charge is 0.473 e. The van der Waals surface area contributed by atoms with Crippen molar-refractivity contribution in [3.05, 3.63) is 17.0 Å². The fourth-order valence-corrected chi connectivity index (χ4v) is 1.10. The number of rotatable bonds is 0. The zero-order valence-corrected chi connectivity index (χ0v) is 7.67. The van der Waals surface area contributed by atoms with Crippen LogP contribution < -0.4 is 5.73 Å². The highest BCUT2D eigenvalue weighted by molar-refractivity contribution is 7.15. The van der Waals surface area contributed by atoms with Crippen molar-refractivity contribution >= 4 is 28.3 Å². The van der Waals surface area contributed by atoms with Crippen molar-refractivity contribution < 1.29 is 19.8 Å². The second kappa shape index (κ2) is 5.15. The van der Waals surface area contributed by atoms with Gasteiger partial charge in [0.1, 0.15) is 0 Å². The van der Waals surface area contributed by atoms with Gasteiger partial charge in [-0.1, -0.05) is 0 Å². The van der Waals surface area contributed by atoms with E-state index >= 15 is 0 Å². The summed E-state index contributed by atoms with van der Waals surface area (Å²) in [5, 5.41) is 15.7. The lowest BCUT2D eigenvalue weighted by Gasteiger charge is -1.73. The van der Waals surface area contributed by atoms with Gasteiger partial charge in [-0.2, -0.15) is 0 Å². The van der Waals surface area contributed by atoms with Gasteiger partial charge >= 0.3 is 11.9 Å². The van der Waals surface area contributed by atoms with Gasteiger partial charge in [-0.15, -0.1) is 11.3 Å². The first-order chi connectivity index (χ1) is 5.93. The molecule has 0 aromatic carbocycles. The molecule has 0 spiro atoms. The van der Waals surface area contributed by atoms with Crippen LogP contribution in [0.15, 0.2) is 12.1 Å². The van der Waals surface area contributed by atoms with Crippen LogP contribution in [0.1, 0.15) is 4.88 Å². The lowest BCUT2D eigenvalue weighted by Crippen LogP contribution is -2.09. The van der Waals surface area contributed by atoms with Gasteiger partial charge < -0.3 is 15.9 Å². The molecule has 0 aliphatic heterocycles. The molecule has 0 aliphatic rings. The van der Waals surface area contributed by atoms with Crippen LogP contribution in [0, 0.1) is 6.92 Å². The molecule has 0 saturated heterocycles. The molecule has 6 heteroatoms. The number of carbonyl (C=O) groups is 2. The van der Waals surface area contributed by atoms with E-state index in [4.69, 9.17) is 25.5 Å². The first kappa shape index (κ1) is 11.4. The highest BCUT2D eigenvalue weighted by Gasteiger charge is 2.04. The summed E-state index contributed by atoms with van der Waals surface area (Å²) in [5.41, 5.74) is 5.40. The van der Waals surface area contributed by atoms with E-state index in [1.165, 1.54) is 4.88 Å². The lowest BCUT2D eigenvalue weighted by molar-refractivity contribution is -0.159. The van der Waals surface area contributed by atoms with Crippen LogP contribution in [0.5, 0.6) is 0 Å². The molecule has 1 aromatic rings. The zero-order chi connectivity index (χ0) is 10.4. The molecule has 1 aromatic heterocycles. The number of hydrogen-bond acceptors (Lipinski definition) is 4. The zero-order valence-electron chi connectivity index (χ0n) is 6.85. The van der Waals surface area contributed by atoms with Crippen LogP contribution in [-0.4, -0.2) is 22.2 Å². The molecule has 1 heterocycles. The Labute approximate surface area is 78.4 Å². The molecule has 0 atom stereocenters. The number of nitrogen functional groups attached to an aromatic ring is 1. The van der Waals surface area contributed by atoms with E-state index in [-0.39, 0.29) is 0 Å². The number of thiophene rings is 1. The Bertz CT molecular complexity index is 279. The maximum Gasteiger partial charge on any atom is 0.414 e. The third-order valence-corrected chi connectivity index (χ3v) is 1.77. The lowest BCUT2D eigenvalue weighted by atomic mass is 10.5. The molecule has 5 nitrogen and oxygen atoms in total. The molecule has 72 valence electrons. The van der Waals surface area contributed by atoms with Gasteiger partial charge in [0.25, 0.3) is 0 Å². The van der Waals surface area contributed by atoms with Crippen molar-refractivity contribution in [1.82, 2.24) is 0 Å². The van der Waals surface area contributed by atoms with Crippen molar-refractivity contribution in [2.45, 2.75) is 6.92 Å².